The molecule has 0 spiro atoms. The molecule has 0 unspecified atom stereocenters. The van der Waals surface area contributed by atoms with E-state index in [-0.39, 0.29) is 12.4 Å². The first-order valence-corrected chi connectivity index (χ1v) is 11.1. The number of hydrogen-bond acceptors (Lipinski definition) is 4. The number of ether oxygens (including phenoxy) is 1. The van der Waals surface area contributed by atoms with Gasteiger partial charge in [0, 0.05) is 25.2 Å². The standard InChI is InChI=1S/C21H24F2N2O4S/c1-15(25-30(27,28)19-8-3-2-7-18(19)23)20(26)24-14-21(9-11-29-12-10-21)16-5-4-6-17(22)13-16/h2-8,13,15,25H,9-12,14H2,1H3,(H,24,26)/t15-/m0/s1. The molecule has 0 aromatic heterocycles. The predicted molar refractivity (Wildman–Crippen MR) is 107 cm³/mol. The Balaban J connectivity index is 1.70. The molecule has 1 saturated heterocycles. The molecule has 0 bridgehead atoms. The Morgan fingerprint density at radius 2 is 1.83 bits per heavy atom. The summed E-state index contributed by atoms with van der Waals surface area (Å²) >= 11 is 0. The molecule has 0 aliphatic carbocycles. The Labute approximate surface area is 174 Å². The van der Waals surface area contributed by atoms with Gasteiger partial charge in [-0.25, -0.2) is 17.2 Å². The molecule has 30 heavy (non-hydrogen) atoms. The lowest BCUT2D eigenvalue weighted by Crippen LogP contribution is -2.50. The van der Waals surface area contributed by atoms with Crippen molar-refractivity contribution < 1.29 is 26.7 Å². The van der Waals surface area contributed by atoms with E-state index in [0.717, 1.165) is 17.7 Å². The van der Waals surface area contributed by atoms with Gasteiger partial charge in [0.1, 0.15) is 16.5 Å². The van der Waals surface area contributed by atoms with Crippen molar-refractivity contribution >= 4 is 15.9 Å². The smallest absolute Gasteiger partial charge is 0.244 e. The molecular weight excluding hydrogens is 414 g/mol. The second-order valence-electron chi connectivity index (χ2n) is 7.39. The fourth-order valence-electron chi connectivity index (χ4n) is 3.57. The van der Waals surface area contributed by atoms with Gasteiger partial charge < -0.3 is 10.1 Å². The summed E-state index contributed by atoms with van der Waals surface area (Å²) in [5, 5.41) is 2.76. The molecule has 3 rings (SSSR count). The minimum absolute atomic E-state index is 0.199. The summed E-state index contributed by atoms with van der Waals surface area (Å²) in [6.07, 6.45) is 1.18. The van der Waals surface area contributed by atoms with Crippen LogP contribution in [0, 0.1) is 11.6 Å². The number of sulfonamides is 1. The van der Waals surface area contributed by atoms with Crippen LogP contribution in [0.4, 0.5) is 8.78 Å². The van der Waals surface area contributed by atoms with Crippen LogP contribution >= 0.6 is 0 Å². The number of carbonyl (C=O) groups is 1. The van der Waals surface area contributed by atoms with E-state index in [9.17, 15) is 22.0 Å². The van der Waals surface area contributed by atoms with E-state index < -0.39 is 38.1 Å². The molecule has 0 saturated carbocycles. The van der Waals surface area contributed by atoms with Crippen LogP contribution in [0.2, 0.25) is 0 Å². The molecule has 6 nitrogen and oxygen atoms in total. The Morgan fingerprint density at radius 3 is 2.50 bits per heavy atom. The summed E-state index contributed by atoms with van der Waals surface area (Å²) in [6, 6.07) is 10.0. The van der Waals surface area contributed by atoms with Gasteiger partial charge in [-0.3, -0.25) is 4.79 Å². The van der Waals surface area contributed by atoms with Gasteiger partial charge >= 0.3 is 0 Å². The van der Waals surface area contributed by atoms with Crippen LogP contribution < -0.4 is 10.0 Å². The van der Waals surface area contributed by atoms with E-state index in [1.165, 1.54) is 31.2 Å². The summed E-state index contributed by atoms with van der Waals surface area (Å²) in [7, 11) is -4.21. The monoisotopic (exact) mass is 438 g/mol. The zero-order valence-corrected chi connectivity index (χ0v) is 17.3. The fourth-order valence-corrected chi connectivity index (χ4v) is 4.85. The van der Waals surface area contributed by atoms with Gasteiger partial charge in [-0.1, -0.05) is 24.3 Å². The molecule has 1 heterocycles. The summed E-state index contributed by atoms with van der Waals surface area (Å²) < 4.78 is 60.0. The third kappa shape index (κ3) is 5.03. The largest absolute Gasteiger partial charge is 0.381 e. The van der Waals surface area contributed by atoms with Gasteiger partial charge in [-0.2, -0.15) is 4.72 Å². The summed E-state index contributed by atoms with van der Waals surface area (Å²) in [4.78, 5) is 12.1. The second-order valence-corrected chi connectivity index (χ2v) is 9.08. The van der Waals surface area contributed by atoms with E-state index in [0.29, 0.717) is 26.1 Å². The molecule has 0 radical (unpaired) electrons. The highest BCUT2D eigenvalue weighted by Gasteiger charge is 2.36. The lowest BCUT2D eigenvalue weighted by atomic mass is 9.74. The van der Waals surface area contributed by atoms with Crippen molar-refractivity contribution in [3.05, 3.63) is 65.7 Å². The first kappa shape index (κ1) is 22.3. The molecule has 1 fully saturated rings. The van der Waals surface area contributed by atoms with Crippen LogP contribution in [0.25, 0.3) is 0 Å². The molecule has 2 N–H and O–H groups in total. The van der Waals surface area contributed by atoms with Crippen molar-refractivity contribution in [2.45, 2.75) is 36.1 Å². The Kier molecular flexibility index (Phi) is 6.84. The van der Waals surface area contributed by atoms with E-state index in [2.05, 4.69) is 10.0 Å². The van der Waals surface area contributed by atoms with Crippen LogP contribution in [-0.4, -0.2) is 40.1 Å². The zero-order valence-electron chi connectivity index (χ0n) is 16.5. The highest BCUT2D eigenvalue weighted by Crippen LogP contribution is 2.34. The van der Waals surface area contributed by atoms with Crippen LogP contribution in [-0.2, 0) is 25.0 Å². The van der Waals surface area contributed by atoms with Crippen molar-refractivity contribution in [1.29, 1.82) is 0 Å². The molecule has 1 atom stereocenters. The average molecular weight is 438 g/mol. The first-order valence-electron chi connectivity index (χ1n) is 9.62. The predicted octanol–water partition coefficient (Wildman–Crippen LogP) is 2.50. The molecule has 1 amide bonds. The molecule has 162 valence electrons. The third-order valence-electron chi connectivity index (χ3n) is 5.34. The van der Waals surface area contributed by atoms with E-state index >= 15 is 0 Å². The van der Waals surface area contributed by atoms with Crippen LogP contribution in [0.1, 0.15) is 25.3 Å². The lowest BCUT2D eigenvalue weighted by Gasteiger charge is -2.38. The molecule has 2 aromatic carbocycles. The Hall–Kier alpha value is -2.36. The topological polar surface area (TPSA) is 84.5 Å². The summed E-state index contributed by atoms with van der Waals surface area (Å²) in [5.74, 6) is -1.82. The van der Waals surface area contributed by atoms with Crippen LogP contribution in [0.5, 0.6) is 0 Å². The molecule has 1 aliphatic rings. The van der Waals surface area contributed by atoms with Gasteiger partial charge in [0.2, 0.25) is 15.9 Å². The zero-order chi connectivity index (χ0) is 21.8. The maximum atomic E-state index is 13.8. The Morgan fingerprint density at radius 1 is 1.13 bits per heavy atom. The van der Waals surface area contributed by atoms with Gasteiger partial charge in [0.05, 0.1) is 6.04 Å². The van der Waals surface area contributed by atoms with Crippen LogP contribution in [0.3, 0.4) is 0 Å². The number of rotatable bonds is 7. The number of amides is 1. The van der Waals surface area contributed by atoms with Crippen molar-refractivity contribution in [3.8, 4) is 0 Å². The number of nitrogens with one attached hydrogen (secondary N) is 2. The quantitative estimate of drug-likeness (QED) is 0.696. The molecule has 9 heteroatoms. The fraction of sp³-hybridized carbons (Fsp3) is 0.381. The van der Waals surface area contributed by atoms with E-state index in [1.807, 2.05) is 6.07 Å². The average Bonchev–Trinajstić information content (AvgIpc) is 2.72. The van der Waals surface area contributed by atoms with Gasteiger partial charge in [0.25, 0.3) is 0 Å². The number of benzene rings is 2. The van der Waals surface area contributed by atoms with Gasteiger partial charge in [0.15, 0.2) is 0 Å². The third-order valence-corrected chi connectivity index (χ3v) is 6.91. The highest BCUT2D eigenvalue weighted by atomic mass is 32.2. The van der Waals surface area contributed by atoms with Crippen LogP contribution in [0.15, 0.2) is 53.4 Å². The first-order chi connectivity index (χ1) is 14.2. The van der Waals surface area contributed by atoms with Crippen molar-refractivity contribution in [2.75, 3.05) is 19.8 Å². The summed E-state index contributed by atoms with van der Waals surface area (Å²) in [6.45, 7) is 2.53. The second kappa shape index (κ2) is 9.20. The normalized spacial score (nSPS) is 17.3. The summed E-state index contributed by atoms with van der Waals surface area (Å²) in [5.41, 5.74) is 0.242. The van der Waals surface area contributed by atoms with Crippen molar-refractivity contribution in [1.82, 2.24) is 10.0 Å². The SMILES string of the molecule is C[C@H](NS(=O)(=O)c1ccccc1F)C(=O)NCC1(c2cccc(F)c2)CCOCC1. The van der Waals surface area contributed by atoms with Gasteiger partial charge in [-0.05, 0) is 49.6 Å². The molecule has 1 aliphatic heterocycles. The maximum absolute atomic E-state index is 13.8. The minimum Gasteiger partial charge on any atom is -0.381 e. The lowest BCUT2D eigenvalue weighted by molar-refractivity contribution is -0.122. The molecular formula is C21H24F2N2O4S. The van der Waals surface area contributed by atoms with E-state index in [1.54, 1.807) is 6.07 Å². The number of hydrogen-bond donors (Lipinski definition) is 2. The highest BCUT2D eigenvalue weighted by molar-refractivity contribution is 7.89. The van der Waals surface area contributed by atoms with Gasteiger partial charge in [-0.15, -0.1) is 0 Å². The number of carbonyl (C=O) groups excluding carboxylic acids is 1. The maximum Gasteiger partial charge on any atom is 0.244 e. The van der Waals surface area contributed by atoms with E-state index in [4.69, 9.17) is 4.74 Å². The number of halogens is 2. The Bertz CT molecular complexity index is 1010. The van der Waals surface area contributed by atoms with Crippen molar-refractivity contribution in [2.24, 2.45) is 0 Å². The molecule has 2 aromatic rings. The van der Waals surface area contributed by atoms with Crippen molar-refractivity contribution in [3.63, 3.8) is 0 Å². The minimum atomic E-state index is -4.21.